The van der Waals surface area contributed by atoms with Gasteiger partial charge in [0, 0.05) is 39.6 Å². The summed E-state index contributed by atoms with van der Waals surface area (Å²) in [5.74, 6) is 1.56. The van der Waals surface area contributed by atoms with Crippen LogP contribution in [-0.2, 0) is 11.3 Å². The molecule has 0 spiro atoms. The number of benzene rings is 2. The zero-order valence-electron chi connectivity index (χ0n) is 21.6. The second kappa shape index (κ2) is 13.1. The van der Waals surface area contributed by atoms with Crippen LogP contribution in [0, 0.1) is 0 Å². The lowest BCUT2D eigenvalue weighted by molar-refractivity contribution is -0.132. The molecule has 2 aromatic carbocycles. The first-order valence-corrected chi connectivity index (χ1v) is 13.3. The number of rotatable bonds is 10. The smallest absolute Gasteiger partial charge is 0.219 e. The topological polar surface area (TPSA) is 65.5 Å². The fourth-order valence-electron chi connectivity index (χ4n) is 5.12. The maximum atomic E-state index is 12.2. The number of carbonyl (C=O) groups is 1. The molecule has 7 nitrogen and oxygen atoms in total. The molecule has 36 heavy (non-hydrogen) atoms. The highest BCUT2D eigenvalue weighted by Gasteiger charge is 2.36. The molecule has 2 heterocycles. The van der Waals surface area contributed by atoms with Crippen LogP contribution in [0.2, 0.25) is 0 Å². The Balaban J connectivity index is 1.32. The van der Waals surface area contributed by atoms with Crippen LogP contribution < -0.4 is 9.47 Å². The summed E-state index contributed by atoms with van der Waals surface area (Å²) >= 11 is 0. The fourth-order valence-corrected chi connectivity index (χ4v) is 5.12. The van der Waals surface area contributed by atoms with Crippen LogP contribution in [-0.4, -0.2) is 90.3 Å². The van der Waals surface area contributed by atoms with E-state index in [1.165, 1.54) is 32.4 Å². The van der Waals surface area contributed by atoms with Gasteiger partial charge < -0.3 is 24.4 Å². The third-order valence-electron chi connectivity index (χ3n) is 7.03. The summed E-state index contributed by atoms with van der Waals surface area (Å²) in [4.78, 5) is 18.6. The molecule has 2 saturated heterocycles. The Morgan fingerprint density at radius 2 is 1.67 bits per heavy atom. The standard InChI is InChI=1S/C29H41N3O4/c1-25(33)32-18-17-31(22-29(34,23-32)24-36-27-11-4-2-5-12-27)21-26-10-8-13-28(20-26)35-19-9-16-30-14-6-3-7-15-30/h2,4-5,8,10-13,20,34H,3,6-7,9,14-19,21-24H2,1H3/t29-/m0/s1. The van der Waals surface area contributed by atoms with Crippen molar-refractivity contribution in [1.82, 2.24) is 14.7 Å². The van der Waals surface area contributed by atoms with Crippen molar-refractivity contribution in [3.63, 3.8) is 0 Å². The molecule has 4 rings (SSSR count). The fraction of sp³-hybridized carbons (Fsp3) is 0.552. The summed E-state index contributed by atoms with van der Waals surface area (Å²) in [5, 5.41) is 11.5. The number of likely N-dealkylation sites (tertiary alicyclic amines) is 1. The molecule has 0 unspecified atom stereocenters. The summed E-state index contributed by atoms with van der Waals surface area (Å²) in [6.07, 6.45) is 5.03. The summed E-state index contributed by atoms with van der Waals surface area (Å²) in [6.45, 7) is 8.55. The lowest BCUT2D eigenvalue weighted by Gasteiger charge is -2.32. The Morgan fingerprint density at radius 3 is 2.44 bits per heavy atom. The van der Waals surface area contributed by atoms with E-state index in [0.717, 1.165) is 24.3 Å². The number of hydrogen-bond acceptors (Lipinski definition) is 6. The van der Waals surface area contributed by atoms with Gasteiger partial charge in [-0.15, -0.1) is 0 Å². The van der Waals surface area contributed by atoms with E-state index in [1.807, 2.05) is 42.5 Å². The maximum absolute atomic E-state index is 12.2. The van der Waals surface area contributed by atoms with E-state index < -0.39 is 5.60 Å². The van der Waals surface area contributed by atoms with Crippen molar-refractivity contribution >= 4 is 5.91 Å². The first-order chi connectivity index (χ1) is 17.5. The van der Waals surface area contributed by atoms with Crippen molar-refractivity contribution in [2.75, 3.05) is 59.0 Å². The van der Waals surface area contributed by atoms with Gasteiger partial charge in [0.2, 0.25) is 5.91 Å². The summed E-state index contributed by atoms with van der Waals surface area (Å²) in [7, 11) is 0. The van der Waals surface area contributed by atoms with Crippen molar-refractivity contribution in [1.29, 1.82) is 0 Å². The quantitative estimate of drug-likeness (QED) is 0.510. The van der Waals surface area contributed by atoms with E-state index in [2.05, 4.69) is 21.9 Å². The van der Waals surface area contributed by atoms with Gasteiger partial charge in [-0.25, -0.2) is 0 Å². The Morgan fingerprint density at radius 1 is 0.889 bits per heavy atom. The van der Waals surface area contributed by atoms with E-state index in [0.29, 0.717) is 38.5 Å². The van der Waals surface area contributed by atoms with Gasteiger partial charge in [-0.2, -0.15) is 0 Å². The first kappa shape index (κ1) is 26.5. The molecule has 196 valence electrons. The highest BCUT2D eigenvalue weighted by molar-refractivity contribution is 5.73. The van der Waals surface area contributed by atoms with Gasteiger partial charge in [-0.3, -0.25) is 9.69 Å². The van der Waals surface area contributed by atoms with Crippen LogP contribution in [0.1, 0.15) is 38.2 Å². The van der Waals surface area contributed by atoms with Crippen molar-refractivity contribution in [3.05, 3.63) is 60.2 Å². The normalized spacial score (nSPS) is 21.7. The number of aliphatic hydroxyl groups is 1. The van der Waals surface area contributed by atoms with Crippen LogP contribution in [0.5, 0.6) is 11.5 Å². The molecule has 2 aromatic rings. The van der Waals surface area contributed by atoms with Crippen molar-refractivity contribution in [2.45, 2.75) is 44.8 Å². The maximum Gasteiger partial charge on any atom is 0.219 e. The molecule has 2 aliphatic rings. The summed E-state index contributed by atoms with van der Waals surface area (Å²) in [5.41, 5.74) is -0.0354. The zero-order valence-corrected chi connectivity index (χ0v) is 21.6. The van der Waals surface area contributed by atoms with E-state index in [9.17, 15) is 9.90 Å². The lowest BCUT2D eigenvalue weighted by atomic mass is 10.0. The minimum atomic E-state index is -1.17. The third kappa shape index (κ3) is 8.22. The monoisotopic (exact) mass is 495 g/mol. The molecular formula is C29H41N3O4. The summed E-state index contributed by atoms with van der Waals surface area (Å²) < 4.78 is 12.0. The number of carbonyl (C=O) groups excluding carboxylic acids is 1. The number of piperidine rings is 1. The van der Waals surface area contributed by atoms with Gasteiger partial charge in [-0.05, 0) is 62.2 Å². The first-order valence-electron chi connectivity index (χ1n) is 13.3. The Hall–Kier alpha value is -2.61. The Bertz CT molecular complexity index is 951. The van der Waals surface area contributed by atoms with Crippen LogP contribution in [0.3, 0.4) is 0 Å². The average molecular weight is 496 g/mol. The predicted octanol–water partition coefficient (Wildman–Crippen LogP) is 3.42. The van der Waals surface area contributed by atoms with Gasteiger partial charge in [0.1, 0.15) is 23.7 Å². The van der Waals surface area contributed by atoms with E-state index in [4.69, 9.17) is 9.47 Å². The SMILES string of the molecule is CC(=O)N1CCN(Cc2cccc(OCCCN3CCCCC3)c2)C[C@@](O)(COc2ccccc2)C1. The number of amides is 1. The highest BCUT2D eigenvalue weighted by atomic mass is 16.5. The third-order valence-corrected chi connectivity index (χ3v) is 7.03. The number of hydrogen-bond donors (Lipinski definition) is 1. The predicted molar refractivity (Wildman–Crippen MR) is 141 cm³/mol. The Kier molecular flexibility index (Phi) is 9.61. The van der Waals surface area contributed by atoms with E-state index in [-0.39, 0.29) is 19.1 Å². The van der Waals surface area contributed by atoms with Gasteiger partial charge in [-0.1, -0.05) is 36.8 Å². The minimum Gasteiger partial charge on any atom is -0.494 e. The minimum absolute atomic E-state index is 0.0325. The zero-order chi connectivity index (χ0) is 25.2. The van der Waals surface area contributed by atoms with E-state index in [1.54, 1.807) is 11.8 Å². The second-order valence-electron chi connectivity index (χ2n) is 10.2. The molecule has 2 aliphatic heterocycles. The summed E-state index contributed by atoms with van der Waals surface area (Å²) in [6, 6.07) is 17.7. The van der Waals surface area contributed by atoms with Crippen molar-refractivity contribution in [3.8, 4) is 11.5 Å². The number of nitrogens with zero attached hydrogens (tertiary/aromatic N) is 3. The molecule has 7 heteroatoms. The Labute approximate surface area is 215 Å². The van der Waals surface area contributed by atoms with Crippen LogP contribution in [0.25, 0.3) is 0 Å². The lowest BCUT2D eigenvalue weighted by Crippen LogP contribution is -2.51. The van der Waals surface area contributed by atoms with Gasteiger partial charge >= 0.3 is 0 Å². The van der Waals surface area contributed by atoms with Crippen LogP contribution >= 0.6 is 0 Å². The van der Waals surface area contributed by atoms with Crippen molar-refractivity contribution in [2.24, 2.45) is 0 Å². The molecule has 0 radical (unpaired) electrons. The second-order valence-corrected chi connectivity index (χ2v) is 10.2. The number of para-hydroxylation sites is 1. The van der Waals surface area contributed by atoms with Gasteiger partial charge in [0.15, 0.2) is 0 Å². The highest BCUT2D eigenvalue weighted by Crippen LogP contribution is 2.21. The molecule has 1 N–H and O–H groups in total. The average Bonchev–Trinajstić information content (AvgIpc) is 3.06. The molecule has 1 atom stereocenters. The largest absolute Gasteiger partial charge is 0.494 e. The molecule has 2 fully saturated rings. The number of β-amino-alcohol motifs (C(OH)–C–C–N with tert-alkyl or cyclic N) is 1. The molecule has 1 amide bonds. The van der Waals surface area contributed by atoms with E-state index >= 15 is 0 Å². The number of ether oxygens (including phenoxy) is 2. The van der Waals surface area contributed by atoms with Gasteiger partial charge in [0.25, 0.3) is 0 Å². The molecule has 0 bridgehead atoms. The molecule has 0 saturated carbocycles. The molecule has 0 aromatic heterocycles. The van der Waals surface area contributed by atoms with Crippen LogP contribution in [0.4, 0.5) is 0 Å². The molecular weight excluding hydrogens is 454 g/mol. The molecule has 0 aliphatic carbocycles. The van der Waals surface area contributed by atoms with Crippen LogP contribution in [0.15, 0.2) is 54.6 Å². The van der Waals surface area contributed by atoms with Crippen molar-refractivity contribution < 1.29 is 19.4 Å². The van der Waals surface area contributed by atoms with Gasteiger partial charge in [0.05, 0.1) is 13.2 Å².